The fourth-order valence-corrected chi connectivity index (χ4v) is 3.94. The van der Waals surface area contributed by atoms with Crippen molar-refractivity contribution in [3.63, 3.8) is 0 Å². The SMILES string of the molecule is Cc1ccccc1CNC1CCc2sc(Cl)cc21. The summed E-state index contributed by atoms with van der Waals surface area (Å²) in [6.45, 7) is 3.10. The quantitative estimate of drug-likeness (QED) is 0.872. The first-order valence-electron chi connectivity index (χ1n) is 6.30. The van der Waals surface area contributed by atoms with Gasteiger partial charge in [-0.05, 0) is 42.5 Å². The van der Waals surface area contributed by atoms with Crippen molar-refractivity contribution in [2.75, 3.05) is 0 Å². The Balaban J connectivity index is 1.70. The minimum Gasteiger partial charge on any atom is -0.306 e. The first-order valence-corrected chi connectivity index (χ1v) is 7.49. The second kappa shape index (κ2) is 5.04. The summed E-state index contributed by atoms with van der Waals surface area (Å²) >= 11 is 7.81. The lowest BCUT2D eigenvalue weighted by Gasteiger charge is -2.14. The van der Waals surface area contributed by atoms with Gasteiger partial charge in [0.25, 0.3) is 0 Å². The molecule has 0 radical (unpaired) electrons. The molecule has 1 aliphatic carbocycles. The molecule has 1 heterocycles. The van der Waals surface area contributed by atoms with Crippen molar-refractivity contribution in [1.82, 2.24) is 5.32 Å². The van der Waals surface area contributed by atoms with E-state index in [1.807, 2.05) is 0 Å². The number of hydrogen-bond acceptors (Lipinski definition) is 2. The van der Waals surface area contributed by atoms with Gasteiger partial charge >= 0.3 is 0 Å². The number of aryl methyl sites for hydroxylation is 2. The summed E-state index contributed by atoms with van der Waals surface area (Å²) in [5.74, 6) is 0. The van der Waals surface area contributed by atoms with E-state index in [4.69, 9.17) is 11.6 Å². The van der Waals surface area contributed by atoms with Crippen LogP contribution in [0.4, 0.5) is 0 Å². The van der Waals surface area contributed by atoms with E-state index >= 15 is 0 Å². The lowest BCUT2D eigenvalue weighted by molar-refractivity contribution is 0.529. The van der Waals surface area contributed by atoms with Crippen LogP contribution in [-0.2, 0) is 13.0 Å². The van der Waals surface area contributed by atoms with Crippen molar-refractivity contribution in [3.8, 4) is 0 Å². The summed E-state index contributed by atoms with van der Waals surface area (Å²) in [5, 5.41) is 3.66. The van der Waals surface area contributed by atoms with E-state index < -0.39 is 0 Å². The average molecular weight is 278 g/mol. The van der Waals surface area contributed by atoms with Crippen molar-refractivity contribution in [1.29, 1.82) is 0 Å². The van der Waals surface area contributed by atoms with Gasteiger partial charge in [0.15, 0.2) is 0 Å². The molecule has 0 aliphatic heterocycles. The molecule has 0 saturated carbocycles. The Kier molecular flexibility index (Phi) is 3.42. The molecule has 1 aromatic carbocycles. The van der Waals surface area contributed by atoms with Crippen LogP contribution in [0.1, 0.15) is 34.0 Å². The van der Waals surface area contributed by atoms with Crippen molar-refractivity contribution in [3.05, 3.63) is 56.2 Å². The number of hydrogen-bond donors (Lipinski definition) is 1. The maximum absolute atomic E-state index is 6.08. The Morgan fingerprint density at radius 3 is 3.06 bits per heavy atom. The summed E-state index contributed by atoms with van der Waals surface area (Å²) in [4.78, 5) is 1.46. The van der Waals surface area contributed by atoms with Gasteiger partial charge in [-0.25, -0.2) is 0 Å². The maximum atomic E-state index is 6.08. The normalized spacial score (nSPS) is 18.0. The predicted octanol–water partition coefficient (Wildman–Crippen LogP) is 4.49. The topological polar surface area (TPSA) is 12.0 Å². The molecule has 0 bridgehead atoms. The lowest BCUT2D eigenvalue weighted by atomic mass is 10.1. The van der Waals surface area contributed by atoms with Gasteiger partial charge in [0.1, 0.15) is 0 Å². The molecule has 1 aromatic heterocycles. The van der Waals surface area contributed by atoms with Crippen LogP contribution in [0.15, 0.2) is 30.3 Å². The first-order chi connectivity index (χ1) is 8.74. The second-order valence-corrected chi connectivity index (χ2v) is 6.60. The predicted molar refractivity (Wildman–Crippen MR) is 78.4 cm³/mol. The number of halogens is 1. The summed E-state index contributed by atoms with van der Waals surface area (Å²) in [7, 11) is 0. The Bertz CT molecular complexity index is 561. The van der Waals surface area contributed by atoms with Gasteiger partial charge in [-0.3, -0.25) is 0 Å². The highest BCUT2D eigenvalue weighted by atomic mass is 35.5. The van der Waals surface area contributed by atoms with Crippen LogP contribution in [0.2, 0.25) is 4.34 Å². The van der Waals surface area contributed by atoms with Gasteiger partial charge in [-0.1, -0.05) is 35.9 Å². The largest absolute Gasteiger partial charge is 0.306 e. The molecule has 0 saturated heterocycles. The third kappa shape index (κ3) is 2.33. The fraction of sp³-hybridized carbons (Fsp3) is 0.333. The highest BCUT2D eigenvalue weighted by molar-refractivity contribution is 7.16. The molecule has 1 atom stereocenters. The van der Waals surface area contributed by atoms with E-state index in [1.165, 1.54) is 28.0 Å². The third-order valence-electron chi connectivity index (χ3n) is 3.65. The molecule has 1 N–H and O–H groups in total. The zero-order valence-corrected chi connectivity index (χ0v) is 11.9. The van der Waals surface area contributed by atoms with E-state index in [2.05, 4.69) is 42.6 Å². The Morgan fingerprint density at radius 1 is 1.39 bits per heavy atom. The van der Waals surface area contributed by atoms with E-state index in [-0.39, 0.29) is 0 Å². The first kappa shape index (κ1) is 12.2. The monoisotopic (exact) mass is 277 g/mol. The summed E-state index contributed by atoms with van der Waals surface area (Å²) in [6.07, 6.45) is 2.36. The summed E-state index contributed by atoms with van der Waals surface area (Å²) < 4.78 is 0.919. The van der Waals surface area contributed by atoms with Crippen LogP contribution in [0.5, 0.6) is 0 Å². The molecule has 18 heavy (non-hydrogen) atoms. The third-order valence-corrected chi connectivity index (χ3v) is 4.99. The van der Waals surface area contributed by atoms with Gasteiger partial charge in [0.05, 0.1) is 4.34 Å². The molecule has 2 aromatic rings. The molecule has 1 nitrogen and oxygen atoms in total. The van der Waals surface area contributed by atoms with Crippen LogP contribution in [0.25, 0.3) is 0 Å². The smallest absolute Gasteiger partial charge is 0.0934 e. The van der Waals surface area contributed by atoms with Crippen LogP contribution < -0.4 is 5.32 Å². The Hall–Kier alpha value is -0.830. The molecule has 94 valence electrons. The number of rotatable bonds is 3. The van der Waals surface area contributed by atoms with Crippen LogP contribution in [-0.4, -0.2) is 0 Å². The standard InChI is InChI=1S/C15H16ClNS/c1-10-4-2-3-5-11(10)9-17-13-6-7-14-12(13)8-15(16)18-14/h2-5,8,13,17H,6-7,9H2,1H3. The highest BCUT2D eigenvalue weighted by Gasteiger charge is 2.24. The maximum Gasteiger partial charge on any atom is 0.0934 e. The number of thiophene rings is 1. The van der Waals surface area contributed by atoms with E-state index in [0.717, 1.165) is 17.3 Å². The van der Waals surface area contributed by atoms with E-state index in [0.29, 0.717) is 6.04 Å². The molecule has 3 rings (SSSR count). The van der Waals surface area contributed by atoms with E-state index in [1.54, 1.807) is 11.3 Å². The van der Waals surface area contributed by atoms with Crippen molar-refractivity contribution >= 4 is 22.9 Å². The molecule has 1 unspecified atom stereocenters. The highest BCUT2D eigenvalue weighted by Crippen LogP contribution is 2.39. The molecular formula is C15H16ClNS. The lowest BCUT2D eigenvalue weighted by Crippen LogP contribution is -2.18. The van der Waals surface area contributed by atoms with Crippen molar-refractivity contribution < 1.29 is 0 Å². The fourth-order valence-electron chi connectivity index (χ4n) is 2.58. The molecular weight excluding hydrogens is 262 g/mol. The molecule has 1 aliphatic rings. The number of fused-ring (bicyclic) bond motifs is 1. The minimum absolute atomic E-state index is 0.475. The van der Waals surface area contributed by atoms with E-state index in [9.17, 15) is 0 Å². The Labute approximate surface area is 117 Å². The van der Waals surface area contributed by atoms with Crippen molar-refractivity contribution in [2.45, 2.75) is 32.4 Å². The van der Waals surface area contributed by atoms with Gasteiger partial charge < -0.3 is 5.32 Å². The van der Waals surface area contributed by atoms with Gasteiger partial charge in [0, 0.05) is 17.5 Å². The average Bonchev–Trinajstić information content (AvgIpc) is 2.88. The molecule has 3 heteroatoms. The Morgan fingerprint density at radius 2 is 2.22 bits per heavy atom. The summed E-state index contributed by atoms with van der Waals surface area (Å²) in [5.41, 5.74) is 4.15. The van der Waals surface area contributed by atoms with Crippen LogP contribution >= 0.6 is 22.9 Å². The van der Waals surface area contributed by atoms with Crippen LogP contribution in [0.3, 0.4) is 0 Å². The van der Waals surface area contributed by atoms with Crippen molar-refractivity contribution in [2.24, 2.45) is 0 Å². The minimum atomic E-state index is 0.475. The number of benzene rings is 1. The zero-order valence-electron chi connectivity index (χ0n) is 10.4. The second-order valence-electron chi connectivity index (χ2n) is 4.83. The number of nitrogens with one attached hydrogen (secondary N) is 1. The van der Waals surface area contributed by atoms with Crippen LogP contribution in [0, 0.1) is 6.92 Å². The van der Waals surface area contributed by atoms with Gasteiger partial charge in [-0.15, -0.1) is 11.3 Å². The molecule has 0 spiro atoms. The zero-order chi connectivity index (χ0) is 12.5. The molecule has 0 fully saturated rings. The van der Waals surface area contributed by atoms with Gasteiger partial charge in [-0.2, -0.15) is 0 Å². The summed E-state index contributed by atoms with van der Waals surface area (Å²) in [6, 6.07) is 11.2. The molecule has 0 amide bonds. The van der Waals surface area contributed by atoms with Gasteiger partial charge in [0.2, 0.25) is 0 Å².